The van der Waals surface area contributed by atoms with E-state index in [2.05, 4.69) is 4.89 Å². The van der Waals surface area contributed by atoms with E-state index in [4.69, 9.17) is 19.4 Å². The van der Waals surface area contributed by atoms with Gasteiger partial charge in [-0.15, -0.1) is 0 Å². The summed E-state index contributed by atoms with van der Waals surface area (Å²) in [7, 11) is 0.311. The fraction of sp³-hybridized carbons (Fsp3) is 0.455. The van der Waals surface area contributed by atoms with E-state index in [0.29, 0.717) is 12.1 Å². The minimum absolute atomic E-state index is 0.000594. The molecule has 0 fully saturated rings. The van der Waals surface area contributed by atoms with E-state index >= 15 is 0 Å². The Kier molecular flexibility index (Phi) is 7.58. The lowest BCUT2D eigenvalue weighted by atomic mass is 9.77. The standard InChI is InChI=1S/C11H17BO6/c1-15-9-16-8-10-4-2-3-5-11(10)12(14)18-17-7-6-13/h2-5,13-14H,6-9H2,1H3. The van der Waals surface area contributed by atoms with Crippen LogP contribution in [0.25, 0.3) is 0 Å². The molecule has 0 unspecified atom stereocenters. The van der Waals surface area contributed by atoms with Crippen molar-refractivity contribution >= 4 is 12.6 Å². The van der Waals surface area contributed by atoms with Gasteiger partial charge in [0.2, 0.25) is 0 Å². The first kappa shape index (κ1) is 15.1. The molecule has 0 amide bonds. The molecule has 0 aliphatic carbocycles. The van der Waals surface area contributed by atoms with Gasteiger partial charge in [-0.2, -0.15) is 0 Å². The van der Waals surface area contributed by atoms with Crippen molar-refractivity contribution in [3.05, 3.63) is 29.8 Å². The highest BCUT2D eigenvalue weighted by Crippen LogP contribution is 2.01. The van der Waals surface area contributed by atoms with Gasteiger partial charge < -0.3 is 19.6 Å². The molecule has 1 rings (SSSR count). The van der Waals surface area contributed by atoms with Crippen LogP contribution in [0, 0.1) is 0 Å². The molecule has 0 saturated carbocycles. The smallest absolute Gasteiger partial charge is 0.422 e. The largest absolute Gasteiger partial charge is 0.523 e. The Morgan fingerprint density at radius 1 is 1.28 bits per heavy atom. The van der Waals surface area contributed by atoms with Crippen molar-refractivity contribution in [1.29, 1.82) is 0 Å². The van der Waals surface area contributed by atoms with E-state index in [1.807, 2.05) is 12.1 Å². The SMILES string of the molecule is COCOCc1ccccc1B(O)OOCCO. The predicted molar refractivity (Wildman–Crippen MR) is 64.8 cm³/mol. The number of hydrogen-bond donors (Lipinski definition) is 2. The molecule has 7 heteroatoms. The van der Waals surface area contributed by atoms with Gasteiger partial charge in [-0.1, -0.05) is 24.3 Å². The third kappa shape index (κ3) is 5.13. The number of benzene rings is 1. The lowest BCUT2D eigenvalue weighted by molar-refractivity contribution is -0.225. The Balaban J connectivity index is 2.56. The first-order valence-corrected chi connectivity index (χ1v) is 5.51. The molecule has 2 N–H and O–H groups in total. The van der Waals surface area contributed by atoms with E-state index in [1.54, 1.807) is 12.1 Å². The zero-order valence-corrected chi connectivity index (χ0v) is 10.2. The highest BCUT2D eigenvalue weighted by molar-refractivity contribution is 6.60. The molecule has 1 aromatic rings. The highest BCUT2D eigenvalue weighted by atomic mass is 17.2. The average Bonchev–Trinajstić information content (AvgIpc) is 2.40. The van der Waals surface area contributed by atoms with Gasteiger partial charge in [0.05, 0.1) is 13.2 Å². The summed E-state index contributed by atoms with van der Waals surface area (Å²) in [6.45, 7) is 0.293. The number of aliphatic hydroxyl groups is 1. The first-order chi connectivity index (χ1) is 8.79. The second-order valence-electron chi connectivity index (χ2n) is 3.45. The van der Waals surface area contributed by atoms with Crippen molar-refractivity contribution in [1.82, 2.24) is 0 Å². The quantitative estimate of drug-likeness (QED) is 0.203. The summed E-state index contributed by atoms with van der Waals surface area (Å²) in [4.78, 5) is 9.34. The van der Waals surface area contributed by atoms with Crippen molar-refractivity contribution in [3.8, 4) is 0 Å². The molecule has 1 aromatic carbocycles. The minimum Gasteiger partial charge on any atom is -0.422 e. The van der Waals surface area contributed by atoms with E-state index in [1.165, 1.54) is 7.11 Å². The summed E-state index contributed by atoms with van der Waals surface area (Å²) in [6, 6.07) is 7.12. The number of methoxy groups -OCH3 is 1. The molecule has 0 radical (unpaired) electrons. The maximum atomic E-state index is 9.77. The topological polar surface area (TPSA) is 77.4 Å². The second kappa shape index (κ2) is 9.04. The van der Waals surface area contributed by atoms with Crippen molar-refractivity contribution in [2.24, 2.45) is 0 Å². The van der Waals surface area contributed by atoms with Crippen molar-refractivity contribution < 1.29 is 29.3 Å². The molecule has 0 aliphatic heterocycles. The van der Waals surface area contributed by atoms with Crippen LogP contribution in [-0.2, 0) is 25.8 Å². The van der Waals surface area contributed by atoms with Crippen LogP contribution in [0.1, 0.15) is 5.56 Å². The normalized spacial score (nSPS) is 10.6. The van der Waals surface area contributed by atoms with Crippen LogP contribution in [0.4, 0.5) is 0 Å². The molecular weight excluding hydrogens is 239 g/mol. The number of ether oxygens (including phenoxy) is 2. The van der Waals surface area contributed by atoms with Gasteiger partial charge in [0.15, 0.2) is 0 Å². The van der Waals surface area contributed by atoms with Crippen LogP contribution in [-0.4, -0.2) is 44.4 Å². The van der Waals surface area contributed by atoms with E-state index < -0.39 is 7.12 Å². The monoisotopic (exact) mass is 256 g/mol. The van der Waals surface area contributed by atoms with Gasteiger partial charge in [0, 0.05) is 7.11 Å². The molecular formula is C11H17BO6. The lowest BCUT2D eigenvalue weighted by Gasteiger charge is -2.12. The van der Waals surface area contributed by atoms with Crippen molar-refractivity contribution in [3.63, 3.8) is 0 Å². The summed E-state index contributed by atoms with van der Waals surface area (Å²) < 4.78 is 9.99. The van der Waals surface area contributed by atoms with Gasteiger partial charge in [-0.05, 0) is 11.0 Å². The molecule has 100 valence electrons. The van der Waals surface area contributed by atoms with E-state index in [-0.39, 0.29) is 20.0 Å². The van der Waals surface area contributed by atoms with Crippen LogP contribution >= 0.6 is 0 Å². The maximum Gasteiger partial charge on any atom is 0.523 e. The van der Waals surface area contributed by atoms with Crippen molar-refractivity contribution in [2.45, 2.75) is 6.61 Å². The fourth-order valence-electron chi connectivity index (χ4n) is 1.34. The molecule has 6 nitrogen and oxygen atoms in total. The molecule has 0 aliphatic rings. The number of aliphatic hydroxyl groups excluding tert-OH is 1. The zero-order valence-electron chi connectivity index (χ0n) is 10.2. The second-order valence-corrected chi connectivity index (χ2v) is 3.45. The Hall–Kier alpha value is -0.955. The van der Waals surface area contributed by atoms with Gasteiger partial charge in [-0.25, -0.2) is 4.89 Å². The third-order valence-electron chi connectivity index (χ3n) is 2.11. The lowest BCUT2D eigenvalue weighted by Crippen LogP contribution is -2.36. The molecule has 0 heterocycles. The van der Waals surface area contributed by atoms with Crippen LogP contribution in [0.15, 0.2) is 24.3 Å². The van der Waals surface area contributed by atoms with Crippen LogP contribution in [0.2, 0.25) is 0 Å². The molecule has 18 heavy (non-hydrogen) atoms. The van der Waals surface area contributed by atoms with Gasteiger partial charge in [0.25, 0.3) is 0 Å². The summed E-state index contributed by atoms with van der Waals surface area (Å²) in [5, 5.41) is 18.3. The summed E-state index contributed by atoms with van der Waals surface area (Å²) in [6.07, 6.45) is 0. The minimum atomic E-state index is -1.22. The Labute approximate surface area is 106 Å². The number of hydrogen-bond acceptors (Lipinski definition) is 6. The summed E-state index contributed by atoms with van der Waals surface area (Å²) >= 11 is 0. The maximum absolute atomic E-state index is 9.77. The van der Waals surface area contributed by atoms with Crippen molar-refractivity contribution in [2.75, 3.05) is 27.1 Å². The van der Waals surface area contributed by atoms with Gasteiger partial charge in [-0.3, -0.25) is 4.81 Å². The highest BCUT2D eigenvalue weighted by Gasteiger charge is 2.21. The molecule has 0 aromatic heterocycles. The number of rotatable bonds is 9. The Morgan fingerprint density at radius 2 is 2.06 bits per heavy atom. The van der Waals surface area contributed by atoms with Gasteiger partial charge in [0.1, 0.15) is 13.4 Å². The Morgan fingerprint density at radius 3 is 2.78 bits per heavy atom. The molecule has 0 bridgehead atoms. The van der Waals surface area contributed by atoms with Crippen LogP contribution < -0.4 is 5.46 Å². The Bertz CT molecular complexity index is 335. The van der Waals surface area contributed by atoms with Gasteiger partial charge >= 0.3 is 7.12 Å². The summed E-state index contributed by atoms with van der Waals surface area (Å²) in [5.41, 5.74) is 1.32. The molecule has 0 atom stereocenters. The zero-order chi connectivity index (χ0) is 13.2. The van der Waals surface area contributed by atoms with Crippen LogP contribution in [0.5, 0.6) is 0 Å². The average molecular weight is 256 g/mol. The molecule has 0 spiro atoms. The predicted octanol–water partition coefficient (Wildman–Crippen LogP) is -0.565. The van der Waals surface area contributed by atoms with E-state index in [0.717, 1.165) is 5.56 Å². The van der Waals surface area contributed by atoms with E-state index in [9.17, 15) is 5.02 Å². The first-order valence-electron chi connectivity index (χ1n) is 5.51. The molecule has 0 saturated heterocycles. The third-order valence-corrected chi connectivity index (χ3v) is 2.11. The fourth-order valence-corrected chi connectivity index (χ4v) is 1.34. The van der Waals surface area contributed by atoms with Crippen LogP contribution in [0.3, 0.4) is 0 Å². The summed E-state index contributed by atoms with van der Waals surface area (Å²) in [5.74, 6) is 0.